The molecule has 2 aliphatic rings. The number of amidine groups is 1. The minimum Gasteiger partial charge on any atom is -0.269 e. The van der Waals surface area contributed by atoms with E-state index < -0.39 is 6.04 Å². The number of hydrogen-bond donors (Lipinski definition) is 0. The zero-order valence-corrected chi connectivity index (χ0v) is 9.25. The number of nitrogens with zero attached hydrogens (tertiary/aromatic N) is 4. The van der Waals surface area contributed by atoms with Crippen molar-refractivity contribution < 1.29 is 14.2 Å². The van der Waals surface area contributed by atoms with Crippen LogP contribution in [0.3, 0.4) is 0 Å². The first kappa shape index (κ1) is 10.5. The van der Waals surface area contributed by atoms with Crippen molar-refractivity contribution in [3.05, 3.63) is 12.7 Å². The molecule has 84 valence electrons. The Labute approximate surface area is 93.2 Å². The number of aliphatic imine (C=N–C) groups is 1. The largest absolute Gasteiger partial charge is 0.333 e. The first-order valence-corrected chi connectivity index (χ1v) is 4.91. The summed E-state index contributed by atoms with van der Waals surface area (Å²) >= 11 is 0. The van der Waals surface area contributed by atoms with E-state index in [1.165, 1.54) is 11.9 Å². The smallest absolute Gasteiger partial charge is 0.269 e. The van der Waals surface area contributed by atoms with E-state index >= 15 is 0 Å². The van der Waals surface area contributed by atoms with Gasteiger partial charge in [-0.05, 0) is 4.99 Å². The molecular formula is C10H13N4O2+. The number of amides is 3. The van der Waals surface area contributed by atoms with Crippen molar-refractivity contribution in [1.29, 1.82) is 0 Å². The first-order valence-electron chi connectivity index (χ1n) is 4.91. The molecule has 0 N–H and O–H groups in total. The molecule has 0 aliphatic carbocycles. The second-order valence-corrected chi connectivity index (χ2v) is 3.73. The van der Waals surface area contributed by atoms with Gasteiger partial charge in [-0.1, -0.05) is 12.7 Å². The van der Waals surface area contributed by atoms with Crippen molar-refractivity contribution in [3.8, 4) is 0 Å². The highest BCUT2D eigenvalue weighted by atomic mass is 16.2. The Morgan fingerprint density at radius 2 is 2.19 bits per heavy atom. The number of hydrogen-bond acceptors (Lipinski definition) is 3. The van der Waals surface area contributed by atoms with Crippen molar-refractivity contribution in [2.45, 2.75) is 6.04 Å². The van der Waals surface area contributed by atoms with Gasteiger partial charge in [0.2, 0.25) is 0 Å². The molecule has 0 aromatic carbocycles. The summed E-state index contributed by atoms with van der Waals surface area (Å²) in [6, 6.07) is -0.848. The van der Waals surface area contributed by atoms with Crippen molar-refractivity contribution in [3.63, 3.8) is 0 Å². The quantitative estimate of drug-likeness (QED) is 0.467. The minimum atomic E-state index is -0.495. The average molecular weight is 221 g/mol. The van der Waals surface area contributed by atoms with Crippen LogP contribution in [0.4, 0.5) is 4.79 Å². The number of urea groups is 1. The number of fused-ring (bicyclic) bond motifs is 1. The molecule has 1 unspecified atom stereocenters. The van der Waals surface area contributed by atoms with Gasteiger partial charge < -0.3 is 0 Å². The minimum absolute atomic E-state index is 0.252. The number of likely N-dealkylation sites (N-methyl/N-ethyl adjacent to an activating group) is 2. The van der Waals surface area contributed by atoms with Crippen molar-refractivity contribution in [2.75, 3.05) is 20.6 Å². The van der Waals surface area contributed by atoms with E-state index in [1.54, 1.807) is 24.0 Å². The Morgan fingerprint density at radius 3 is 2.81 bits per heavy atom. The van der Waals surface area contributed by atoms with Crippen LogP contribution in [-0.2, 0) is 4.79 Å². The predicted octanol–water partition coefficient (Wildman–Crippen LogP) is -0.482. The summed E-state index contributed by atoms with van der Waals surface area (Å²) < 4.78 is 1.75. The monoisotopic (exact) mass is 221 g/mol. The molecule has 16 heavy (non-hydrogen) atoms. The average Bonchev–Trinajstić information content (AvgIpc) is 2.68. The summed E-state index contributed by atoms with van der Waals surface area (Å²) in [5.74, 6) is 0.229. The van der Waals surface area contributed by atoms with Gasteiger partial charge >= 0.3 is 6.03 Å². The van der Waals surface area contributed by atoms with Gasteiger partial charge in [0.25, 0.3) is 24.1 Å². The van der Waals surface area contributed by atoms with Gasteiger partial charge in [-0.25, -0.2) is 9.37 Å². The van der Waals surface area contributed by atoms with Gasteiger partial charge in [0.1, 0.15) is 6.54 Å². The van der Waals surface area contributed by atoms with E-state index in [0.29, 0.717) is 12.4 Å². The standard InChI is InChI=1S/C10H13N4O2/c1-4-5-14-6-11-8-7(14)9(15)13(3)10(16)12(8)2/h4,6-7H,1,5H2,2-3H3/q+1. The molecule has 0 bridgehead atoms. The van der Waals surface area contributed by atoms with Crippen LogP contribution < -0.4 is 0 Å². The lowest BCUT2D eigenvalue weighted by molar-refractivity contribution is -0.521. The van der Waals surface area contributed by atoms with Crippen LogP contribution in [0, 0.1) is 0 Å². The lowest BCUT2D eigenvalue weighted by Crippen LogP contribution is -2.61. The summed E-state index contributed by atoms with van der Waals surface area (Å²) in [6.07, 6.45) is 3.27. The lowest BCUT2D eigenvalue weighted by atomic mass is 10.1. The highest BCUT2D eigenvalue weighted by molar-refractivity contribution is 6.21. The SMILES string of the molecule is C=CC[N+]1=CN=C2C1C(=O)N(C)C(=O)N2C. The fourth-order valence-electron chi connectivity index (χ4n) is 1.84. The third-order valence-corrected chi connectivity index (χ3v) is 2.74. The maximum Gasteiger partial charge on any atom is 0.333 e. The van der Waals surface area contributed by atoms with Crippen LogP contribution in [0.2, 0.25) is 0 Å². The molecular weight excluding hydrogens is 208 g/mol. The van der Waals surface area contributed by atoms with E-state index in [2.05, 4.69) is 11.6 Å². The number of carbonyl (C=O) groups is 2. The molecule has 1 atom stereocenters. The molecule has 0 aromatic heterocycles. The second-order valence-electron chi connectivity index (χ2n) is 3.73. The van der Waals surface area contributed by atoms with Gasteiger partial charge in [-0.2, -0.15) is 0 Å². The van der Waals surface area contributed by atoms with Crippen molar-refractivity contribution in [2.24, 2.45) is 4.99 Å². The van der Waals surface area contributed by atoms with Crippen molar-refractivity contribution >= 4 is 24.1 Å². The fourth-order valence-corrected chi connectivity index (χ4v) is 1.84. The normalized spacial score (nSPS) is 24.2. The Balaban J connectivity index is 2.36. The zero-order chi connectivity index (χ0) is 11.9. The number of imide groups is 1. The molecule has 1 saturated heterocycles. The van der Waals surface area contributed by atoms with Gasteiger partial charge in [-0.15, -0.1) is 0 Å². The van der Waals surface area contributed by atoms with Crippen LogP contribution >= 0.6 is 0 Å². The molecule has 0 spiro atoms. The topological polar surface area (TPSA) is 56.0 Å². The second kappa shape index (κ2) is 3.55. The Hall–Kier alpha value is -1.98. The Morgan fingerprint density at radius 1 is 1.50 bits per heavy atom. The summed E-state index contributed by atoms with van der Waals surface area (Å²) in [5.41, 5.74) is 0. The fraction of sp³-hybridized carbons (Fsp3) is 0.400. The van der Waals surface area contributed by atoms with Crippen molar-refractivity contribution in [1.82, 2.24) is 9.80 Å². The van der Waals surface area contributed by atoms with E-state index in [-0.39, 0.29) is 11.9 Å². The van der Waals surface area contributed by atoms with Gasteiger partial charge in [-0.3, -0.25) is 14.6 Å². The molecule has 2 heterocycles. The maximum atomic E-state index is 11.9. The van der Waals surface area contributed by atoms with Gasteiger partial charge in [0.05, 0.1) is 0 Å². The van der Waals surface area contributed by atoms with E-state index in [0.717, 1.165) is 4.90 Å². The zero-order valence-electron chi connectivity index (χ0n) is 9.25. The first-order chi connectivity index (χ1) is 7.57. The molecule has 0 aromatic rings. The molecule has 1 fully saturated rings. The molecule has 0 saturated carbocycles. The van der Waals surface area contributed by atoms with Crippen LogP contribution in [0.25, 0.3) is 0 Å². The van der Waals surface area contributed by atoms with Crippen LogP contribution in [0.1, 0.15) is 0 Å². The van der Waals surface area contributed by atoms with Crippen LogP contribution in [-0.4, -0.2) is 65.2 Å². The Bertz CT molecular complexity index is 438. The third kappa shape index (κ3) is 1.26. The summed E-state index contributed by atoms with van der Waals surface area (Å²) in [7, 11) is 3.09. The van der Waals surface area contributed by atoms with Crippen LogP contribution in [0.15, 0.2) is 17.6 Å². The molecule has 2 aliphatic heterocycles. The number of carbonyl (C=O) groups excluding carboxylic acids is 2. The molecule has 6 nitrogen and oxygen atoms in total. The highest BCUT2D eigenvalue weighted by Crippen LogP contribution is 2.16. The van der Waals surface area contributed by atoms with Gasteiger partial charge in [0.15, 0.2) is 0 Å². The molecule has 0 radical (unpaired) electrons. The molecule has 6 heteroatoms. The third-order valence-electron chi connectivity index (χ3n) is 2.74. The number of rotatable bonds is 2. The van der Waals surface area contributed by atoms with E-state index in [4.69, 9.17) is 0 Å². The Kier molecular flexibility index (Phi) is 2.34. The predicted molar refractivity (Wildman–Crippen MR) is 58.5 cm³/mol. The summed E-state index contributed by atoms with van der Waals surface area (Å²) in [4.78, 5) is 30.2. The van der Waals surface area contributed by atoms with E-state index in [1.807, 2.05) is 0 Å². The molecule has 2 rings (SSSR count). The van der Waals surface area contributed by atoms with Crippen LogP contribution in [0.5, 0.6) is 0 Å². The lowest BCUT2D eigenvalue weighted by Gasteiger charge is -2.30. The summed E-state index contributed by atoms with van der Waals surface area (Å²) in [6.45, 7) is 4.15. The van der Waals surface area contributed by atoms with E-state index in [9.17, 15) is 9.59 Å². The molecule has 3 amide bonds. The highest BCUT2D eigenvalue weighted by Gasteiger charge is 2.50. The summed E-state index contributed by atoms with van der Waals surface area (Å²) in [5, 5.41) is 0. The van der Waals surface area contributed by atoms with Gasteiger partial charge in [0, 0.05) is 14.1 Å². The maximum absolute atomic E-state index is 11.9.